The second kappa shape index (κ2) is 6.39. The first-order valence-corrected chi connectivity index (χ1v) is 7.36. The van der Waals surface area contributed by atoms with E-state index < -0.39 is 5.54 Å². The number of carbonyl (C=O) groups excluding carboxylic acids is 1. The molecule has 0 bridgehead atoms. The molecule has 2 atom stereocenters. The van der Waals surface area contributed by atoms with Crippen LogP contribution in [0.4, 0.5) is 0 Å². The van der Waals surface area contributed by atoms with E-state index in [9.17, 15) is 4.79 Å². The Kier molecular flexibility index (Phi) is 5.34. The molecule has 0 spiro atoms. The normalized spacial score (nSPS) is 15.9. The largest absolute Gasteiger partial charge is 0.368 e. The van der Waals surface area contributed by atoms with Crippen molar-refractivity contribution in [3.05, 3.63) is 17.0 Å². The van der Waals surface area contributed by atoms with Gasteiger partial charge in [-0.05, 0) is 52.6 Å². The Morgan fingerprint density at radius 1 is 1.45 bits per heavy atom. The van der Waals surface area contributed by atoms with Crippen LogP contribution < -0.4 is 11.1 Å². The Morgan fingerprint density at radius 2 is 2.05 bits per heavy atom. The van der Waals surface area contributed by atoms with Crippen LogP contribution in [0.15, 0.2) is 0 Å². The van der Waals surface area contributed by atoms with Crippen LogP contribution in [-0.2, 0) is 11.2 Å². The third-order valence-electron chi connectivity index (χ3n) is 4.06. The van der Waals surface area contributed by atoms with E-state index in [0.29, 0.717) is 13.0 Å². The monoisotopic (exact) mass is 280 g/mol. The zero-order valence-electron chi connectivity index (χ0n) is 13.6. The summed E-state index contributed by atoms with van der Waals surface area (Å²) in [5.41, 5.74) is 8.39. The first-order valence-electron chi connectivity index (χ1n) is 7.36. The van der Waals surface area contributed by atoms with Gasteiger partial charge in [0.05, 0.1) is 17.3 Å². The molecule has 1 aromatic rings. The van der Waals surface area contributed by atoms with Crippen molar-refractivity contribution in [3.8, 4) is 0 Å². The summed E-state index contributed by atoms with van der Waals surface area (Å²) in [6.07, 6.45) is 1.60. The molecule has 0 aliphatic rings. The van der Waals surface area contributed by atoms with Gasteiger partial charge in [0.1, 0.15) is 0 Å². The highest BCUT2D eigenvalue weighted by Gasteiger charge is 2.33. The number of hydrogen-bond donors (Lipinski definition) is 2. The van der Waals surface area contributed by atoms with Gasteiger partial charge < -0.3 is 11.1 Å². The average Bonchev–Trinajstić information content (AvgIpc) is 2.64. The zero-order chi connectivity index (χ0) is 15.5. The molecule has 1 amide bonds. The molecule has 0 aliphatic heterocycles. The van der Waals surface area contributed by atoms with E-state index >= 15 is 0 Å². The van der Waals surface area contributed by atoms with E-state index in [2.05, 4.69) is 31.2 Å². The highest BCUT2D eigenvalue weighted by Crippen LogP contribution is 2.24. The van der Waals surface area contributed by atoms with Crippen molar-refractivity contribution >= 4 is 5.91 Å². The molecule has 0 saturated heterocycles. The molecular formula is C15H28N4O. The predicted octanol–water partition coefficient (Wildman–Crippen LogP) is 1.87. The molecule has 0 saturated carbocycles. The number of primary amides is 1. The van der Waals surface area contributed by atoms with Crippen molar-refractivity contribution in [2.45, 2.75) is 66.0 Å². The lowest BCUT2D eigenvalue weighted by molar-refractivity contribution is -0.124. The van der Waals surface area contributed by atoms with E-state index in [1.165, 1.54) is 11.3 Å². The van der Waals surface area contributed by atoms with Crippen LogP contribution in [0.1, 0.15) is 57.1 Å². The van der Waals surface area contributed by atoms with Crippen LogP contribution in [0.25, 0.3) is 0 Å². The average molecular weight is 280 g/mol. The molecule has 5 heteroatoms. The number of likely N-dealkylation sites (N-methyl/N-ethyl adjacent to an activating group) is 1. The number of hydrogen-bond acceptors (Lipinski definition) is 3. The van der Waals surface area contributed by atoms with Crippen molar-refractivity contribution in [1.29, 1.82) is 0 Å². The lowest BCUT2D eigenvalue weighted by Crippen LogP contribution is -2.54. The molecule has 0 aliphatic carbocycles. The van der Waals surface area contributed by atoms with Crippen LogP contribution in [0.2, 0.25) is 0 Å². The van der Waals surface area contributed by atoms with Crippen molar-refractivity contribution < 1.29 is 4.79 Å². The fourth-order valence-electron chi connectivity index (χ4n) is 2.97. The molecule has 0 radical (unpaired) electrons. The highest BCUT2D eigenvalue weighted by molar-refractivity contribution is 5.84. The first kappa shape index (κ1) is 16.7. The van der Waals surface area contributed by atoms with Gasteiger partial charge in [0.25, 0.3) is 0 Å². The second-order valence-corrected chi connectivity index (χ2v) is 5.73. The number of amides is 1. The van der Waals surface area contributed by atoms with Crippen molar-refractivity contribution in [2.24, 2.45) is 5.73 Å². The topological polar surface area (TPSA) is 72.9 Å². The Hall–Kier alpha value is -1.36. The van der Waals surface area contributed by atoms with E-state index in [-0.39, 0.29) is 11.9 Å². The summed E-state index contributed by atoms with van der Waals surface area (Å²) in [7, 11) is 0. The standard InChI is InChI=1S/C15H28N4O/c1-7-13-11(4)18-19(12(13)5)10(3)9-15(6,14(16)20)17-8-2/h10,17H,7-9H2,1-6H3,(H2,16,20). The third-order valence-corrected chi connectivity index (χ3v) is 4.06. The van der Waals surface area contributed by atoms with Crippen LogP contribution in [0, 0.1) is 13.8 Å². The summed E-state index contributed by atoms with van der Waals surface area (Å²) in [4.78, 5) is 11.7. The minimum Gasteiger partial charge on any atom is -0.368 e. The number of nitrogens with two attached hydrogens (primary N) is 1. The van der Waals surface area contributed by atoms with Crippen molar-refractivity contribution in [2.75, 3.05) is 6.54 Å². The molecule has 1 rings (SSSR count). The van der Waals surface area contributed by atoms with E-state index in [1.54, 1.807) is 0 Å². The minimum atomic E-state index is -0.702. The molecule has 5 nitrogen and oxygen atoms in total. The lowest BCUT2D eigenvalue weighted by atomic mass is 9.92. The highest BCUT2D eigenvalue weighted by atomic mass is 16.1. The quantitative estimate of drug-likeness (QED) is 0.801. The van der Waals surface area contributed by atoms with Gasteiger partial charge in [-0.1, -0.05) is 13.8 Å². The molecule has 0 aromatic carbocycles. The number of nitrogens with zero attached hydrogens (tertiary/aromatic N) is 2. The number of aryl methyl sites for hydroxylation is 1. The molecule has 114 valence electrons. The maximum Gasteiger partial charge on any atom is 0.237 e. The summed E-state index contributed by atoms with van der Waals surface area (Å²) in [6.45, 7) is 12.9. The molecular weight excluding hydrogens is 252 g/mol. The SMILES string of the molecule is CCNC(C)(CC(C)n1nc(C)c(CC)c1C)C(N)=O. The lowest BCUT2D eigenvalue weighted by Gasteiger charge is -2.30. The molecule has 3 N–H and O–H groups in total. The molecule has 1 heterocycles. The maximum atomic E-state index is 11.7. The zero-order valence-corrected chi connectivity index (χ0v) is 13.6. The number of carbonyl (C=O) groups is 1. The third kappa shape index (κ3) is 3.20. The Balaban J connectivity index is 3.01. The van der Waals surface area contributed by atoms with Gasteiger partial charge in [0.2, 0.25) is 5.91 Å². The molecule has 1 aromatic heterocycles. The van der Waals surface area contributed by atoms with Crippen LogP contribution in [0.5, 0.6) is 0 Å². The van der Waals surface area contributed by atoms with E-state index in [0.717, 1.165) is 12.1 Å². The van der Waals surface area contributed by atoms with Gasteiger partial charge >= 0.3 is 0 Å². The van der Waals surface area contributed by atoms with Crippen molar-refractivity contribution in [1.82, 2.24) is 15.1 Å². The Labute approximate surface area is 121 Å². The summed E-state index contributed by atoms with van der Waals surface area (Å²) in [6, 6.07) is 0.116. The Bertz CT molecular complexity index is 480. The van der Waals surface area contributed by atoms with Crippen molar-refractivity contribution in [3.63, 3.8) is 0 Å². The van der Waals surface area contributed by atoms with E-state index in [4.69, 9.17) is 5.73 Å². The van der Waals surface area contributed by atoms with Gasteiger partial charge in [0.15, 0.2) is 0 Å². The number of nitrogens with one attached hydrogen (secondary N) is 1. The fraction of sp³-hybridized carbons (Fsp3) is 0.733. The predicted molar refractivity (Wildman–Crippen MR) is 81.7 cm³/mol. The van der Waals surface area contributed by atoms with E-state index in [1.807, 2.05) is 25.5 Å². The smallest absolute Gasteiger partial charge is 0.237 e. The van der Waals surface area contributed by atoms with Gasteiger partial charge in [-0.25, -0.2) is 0 Å². The van der Waals surface area contributed by atoms with Crippen LogP contribution in [0.3, 0.4) is 0 Å². The maximum absolute atomic E-state index is 11.7. The fourth-order valence-corrected chi connectivity index (χ4v) is 2.97. The van der Waals surface area contributed by atoms with Gasteiger partial charge in [-0.3, -0.25) is 9.48 Å². The molecule has 20 heavy (non-hydrogen) atoms. The van der Waals surface area contributed by atoms with Crippen LogP contribution in [-0.4, -0.2) is 27.8 Å². The van der Waals surface area contributed by atoms with Gasteiger partial charge in [-0.2, -0.15) is 5.10 Å². The van der Waals surface area contributed by atoms with Gasteiger partial charge in [-0.15, -0.1) is 0 Å². The second-order valence-electron chi connectivity index (χ2n) is 5.73. The first-order chi connectivity index (χ1) is 9.26. The summed E-state index contributed by atoms with van der Waals surface area (Å²) in [5, 5.41) is 7.82. The van der Waals surface area contributed by atoms with Gasteiger partial charge in [0, 0.05) is 5.69 Å². The van der Waals surface area contributed by atoms with Crippen LogP contribution >= 0.6 is 0 Å². The number of rotatable bonds is 7. The Morgan fingerprint density at radius 3 is 2.45 bits per heavy atom. The molecule has 0 fully saturated rings. The summed E-state index contributed by atoms with van der Waals surface area (Å²) >= 11 is 0. The minimum absolute atomic E-state index is 0.116. The summed E-state index contributed by atoms with van der Waals surface area (Å²) in [5.74, 6) is -0.316. The summed E-state index contributed by atoms with van der Waals surface area (Å²) < 4.78 is 2.02. The molecule has 2 unspecified atom stereocenters. The number of aromatic nitrogens is 2.